The molecule has 5 rings (SSSR count). The van der Waals surface area contributed by atoms with Gasteiger partial charge in [-0.2, -0.15) is 0 Å². The lowest BCUT2D eigenvalue weighted by molar-refractivity contribution is 0.0946. The maximum Gasteiger partial charge on any atom is 0.255 e. The molecule has 0 spiro atoms. The molecule has 1 fully saturated rings. The Balaban J connectivity index is 1.37. The van der Waals surface area contributed by atoms with Crippen LogP contribution in [-0.2, 0) is 13.2 Å². The normalized spacial score (nSPS) is 14.2. The number of hydrogen-bond acceptors (Lipinski definition) is 7. The third kappa shape index (κ3) is 5.04. The van der Waals surface area contributed by atoms with Gasteiger partial charge in [-0.25, -0.2) is 4.98 Å². The van der Waals surface area contributed by atoms with E-state index >= 15 is 0 Å². The number of nitrogens with one attached hydrogen (secondary N) is 1. The minimum absolute atomic E-state index is 0.192. The third-order valence-corrected chi connectivity index (χ3v) is 6.76. The van der Waals surface area contributed by atoms with Gasteiger partial charge in [-0.15, -0.1) is 0 Å². The Labute approximate surface area is 210 Å². The van der Waals surface area contributed by atoms with Gasteiger partial charge in [0, 0.05) is 44.5 Å². The summed E-state index contributed by atoms with van der Waals surface area (Å²) in [4.78, 5) is 22.7. The fourth-order valence-corrected chi connectivity index (χ4v) is 4.52. The smallest absolute Gasteiger partial charge is 0.255 e. The highest BCUT2D eigenvalue weighted by Crippen LogP contribution is 2.28. The Morgan fingerprint density at radius 1 is 1.06 bits per heavy atom. The molecule has 36 heavy (non-hydrogen) atoms. The zero-order valence-electron chi connectivity index (χ0n) is 21.0. The van der Waals surface area contributed by atoms with Gasteiger partial charge in [-0.05, 0) is 49.9 Å². The van der Waals surface area contributed by atoms with Gasteiger partial charge in [-0.1, -0.05) is 35.5 Å². The Kier molecular flexibility index (Phi) is 6.86. The van der Waals surface area contributed by atoms with E-state index < -0.39 is 0 Å². The van der Waals surface area contributed by atoms with Crippen molar-refractivity contribution in [3.63, 3.8) is 0 Å². The van der Waals surface area contributed by atoms with E-state index in [-0.39, 0.29) is 12.5 Å². The molecule has 8 heteroatoms. The van der Waals surface area contributed by atoms with E-state index in [2.05, 4.69) is 32.3 Å². The number of fused-ring (bicyclic) bond motifs is 1. The van der Waals surface area contributed by atoms with Crippen molar-refractivity contribution >= 4 is 22.5 Å². The summed E-state index contributed by atoms with van der Waals surface area (Å²) in [5, 5.41) is 9.09. The molecule has 8 nitrogen and oxygen atoms in total. The van der Waals surface area contributed by atoms with Gasteiger partial charge in [0.05, 0.1) is 16.8 Å². The first-order valence-corrected chi connectivity index (χ1v) is 12.2. The molecule has 0 atom stereocenters. The standard InChI is InChI=1S/C28H31N5O3/c1-19-25(20(2)36-31-19)18-35-26-16-22-8-5-4-7-21(22)15-24(26)28(34)30-17-23-9-6-10-29-27(23)33-13-11-32(3)12-14-33/h4-10,15-16H,11-14,17-18H2,1-3H3,(H,30,34). The SMILES string of the molecule is Cc1noc(C)c1COc1cc2ccccc2cc1C(=O)NCc1cccnc1N1CCN(C)CC1. The first-order valence-electron chi connectivity index (χ1n) is 12.2. The summed E-state index contributed by atoms with van der Waals surface area (Å²) in [6.07, 6.45) is 1.81. The van der Waals surface area contributed by atoms with E-state index in [1.54, 1.807) is 0 Å². The number of hydrogen-bond donors (Lipinski definition) is 1. The number of rotatable bonds is 7. The second-order valence-corrected chi connectivity index (χ2v) is 9.25. The largest absolute Gasteiger partial charge is 0.488 e. The van der Waals surface area contributed by atoms with Crippen LogP contribution in [0.1, 0.15) is 32.9 Å². The number of carbonyl (C=O) groups excluding carboxylic acids is 1. The molecule has 1 N–H and O–H groups in total. The number of carbonyl (C=O) groups is 1. The van der Waals surface area contributed by atoms with Gasteiger partial charge < -0.3 is 24.4 Å². The summed E-state index contributed by atoms with van der Waals surface area (Å²) in [6, 6.07) is 15.7. The van der Waals surface area contributed by atoms with E-state index in [0.717, 1.165) is 59.6 Å². The lowest BCUT2D eigenvalue weighted by Gasteiger charge is -2.34. The minimum Gasteiger partial charge on any atom is -0.488 e. The molecule has 0 aliphatic carbocycles. The van der Waals surface area contributed by atoms with E-state index in [9.17, 15) is 4.79 Å². The molecule has 3 heterocycles. The number of aryl methyl sites for hydroxylation is 2. The van der Waals surface area contributed by atoms with Crippen molar-refractivity contribution in [1.29, 1.82) is 0 Å². The molecule has 0 radical (unpaired) electrons. The van der Waals surface area contributed by atoms with Crippen molar-refractivity contribution in [2.75, 3.05) is 38.1 Å². The van der Waals surface area contributed by atoms with E-state index in [1.807, 2.05) is 68.6 Å². The van der Waals surface area contributed by atoms with Crippen LogP contribution in [0.4, 0.5) is 5.82 Å². The molecule has 186 valence electrons. The highest BCUT2D eigenvalue weighted by Gasteiger charge is 2.20. The summed E-state index contributed by atoms with van der Waals surface area (Å²) in [5.74, 6) is 1.98. The van der Waals surface area contributed by atoms with Crippen LogP contribution >= 0.6 is 0 Å². The second-order valence-electron chi connectivity index (χ2n) is 9.25. The summed E-state index contributed by atoms with van der Waals surface area (Å²) >= 11 is 0. The van der Waals surface area contributed by atoms with Crippen molar-refractivity contribution in [1.82, 2.24) is 20.4 Å². The summed E-state index contributed by atoms with van der Waals surface area (Å²) < 4.78 is 11.4. The lowest BCUT2D eigenvalue weighted by atomic mass is 10.0. The lowest BCUT2D eigenvalue weighted by Crippen LogP contribution is -2.45. The van der Waals surface area contributed by atoms with Crippen molar-refractivity contribution in [3.05, 3.63) is 82.9 Å². The third-order valence-electron chi connectivity index (χ3n) is 6.76. The second kappa shape index (κ2) is 10.4. The number of ether oxygens (including phenoxy) is 1. The predicted octanol–water partition coefficient (Wildman–Crippen LogP) is 4.10. The number of aromatic nitrogens is 2. The molecule has 1 amide bonds. The number of anilines is 1. The van der Waals surface area contributed by atoms with Crippen molar-refractivity contribution in [2.45, 2.75) is 27.0 Å². The number of piperazine rings is 1. The average Bonchev–Trinajstić information content (AvgIpc) is 3.22. The Hall–Kier alpha value is -3.91. The molecule has 4 aromatic rings. The molecule has 0 bridgehead atoms. The summed E-state index contributed by atoms with van der Waals surface area (Å²) in [6.45, 7) is 8.21. The van der Waals surface area contributed by atoms with Crippen LogP contribution in [0.5, 0.6) is 5.75 Å². The van der Waals surface area contributed by atoms with Crippen LogP contribution in [0.15, 0.2) is 59.3 Å². The van der Waals surface area contributed by atoms with Gasteiger partial charge in [0.25, 0.3) is 5.91 Å². The molecule has 2 aromatic carbocycles. The van der Waals surface area contributed by atoms with Crippen LogP contribution in [-0.4, -0.2) is 54.2 Å². The van der Waals surface area contributed by atoms with Crippen molar-refractivity contribution in [3.8, 4) is 5.75 Å². The fourth-order valence-electron chi connectivity index (χ4n) is 4.52. The van der Waals surface area contributed by atoms with E-state index in [4.69, 9.17) is 9.26 Å². The highest BCUT2D eigenvalue weighted by molar-refractivity contribution is 6.01. The van der Waals surface area contributed by atoms with Crippen molar-refractivity contribution in [2.24, 2.45) is 0 Å². The first-order chi connectivity index (χ1) is 17.5. The summed E-state index contributed by atoms with van der Waals surface area (Å²) in [5.41, 5.74) is 3.16. The number of likely N-dealkylation sites (N-methyl/N-ethyl adjacent to an activating group) is 1. The quantitative estimate of drug-likeness (QED) is 0.422. The van der Waals surface area contributed by atoms with Crippen LogP contribution in [0.25, 0.3) is 10.8 Å². The van der Waals surface area contributed by atoms with Crippen molar-refractivity contribution < 1.29 is 14.1 Å². The van der Waals surface area contributed by atoms with Gasteiger partial charge in [0.2, 0.25) is 0 Å². The van der Waals surface area contributed by atoms with Crippen LogP contribution in [0, 0.1) is 13.8 Å². The van der Waals surface area contributed by atoms with Gasteiger partial charge in [0.15, 0.2) is 0 Å². The molecule has 1 aliphatic rings. The maximum atomic E-state index is 13.4. The molecular weight excluding hydrogens is 454 g/mol. The molecule has 0 unspecified atom stereocenters. The van der Waals surface area contributed by atoms with E-state index in [1.165, 1.54) is 0 Å². The number of pyridine rings is 1. The summed E-state index contributed by atoms with van der Waals surface area (Å²) in [7, 11) is 2.13. The zero-order chi connectivity index (χ0) is 25.1. The molecule has 2 aromatic heterocycles. The number of benzene rings is 2. The first kappa shape index (κ1) is 23.8. The molecule has 0 saturated carbocycles. The highest BCUT2D eigenvalue weighted by atomic mass is 16.5. The predicted molar refractivity (Wildman–Crippen MR) is 139 cm³/mol. The minimum atomic E-state index is -0.192. The fraction of sp³-hybridized carbons (Fsp3) is 0.321. The Bertz CT molecular complexity index is 1360. The number of amides is 1. The monoisotopic (exact) mass is 485 g/mol. The Morgan fingerprint density at radius 3 is 2.53 bits per heavy atom. The van der Waals surface area contributed by atoms with E-state index in [0.29, 0.717) is 23.6 Å². The van der Waals surface area contributed by atoms with Gasteiger partial charge in [0.1, 0.15) is 23.9 Å². The van der Waals surface area contributed by atoms with Gasteiger partial charge >= 0.3 is 0 Å². The van der Waals surface area contributed by atoms with Crippen LogP contribution < -0.4 is 15.0 Å². The van der Waals surface area contributed by atoms with Crippen LogP contribution in [0.2, 0.25) is 0 Å². The molecule has 1 saturated heterocycles. The van der Waals surface area contributed by atoms with Crippen LogP contribution in [0.3, 0.4) is 0 Å². The maximum absolute atomic E-state index is 13.4. The number of nitrogens with zero attached hydrogens (tertiary/aromatic N) is 4. The Morgan fingerprint density at radius 2 is 1.81 bits per heavy atom. The molecular formula is C28H31N5O3. The molecule has 1 aliphatic heterocycles. The average molecular weight is 486 g/mol. The topological polar surface area (TPSA) is 83.7 Å². The van der Waals surface area contributed by atoms with Gasteiger partial charge in [-0.3, -0.25) is 4.79 Å². The zero-order valence-corrected chi connectivity index (χ0v) is 21.0.